The molecule has 0 radical (unpaired) electrons. The molecule has 2 rings (SSSR count). The number of hydrogen-bond donors (Lipinski definition) is 1. The Labute approximate surface area is 117 Å². The molecule has 0 atom stereocenters. The van der Waals surface area contributed by atoms with Crippen molar-refractivity contribution in [3.8, 4) is 0 Å². The topological polar surface area (TPSA) is 64.6 Å². The van der Waals surface area contributed by atoms with E-state index in [4.69, 9.17) is 9.47 Å². The first-order valence-electron chi connectivity index (χ1n) is 5.77. The van der Waals surface area contributed by atoms with E-state index in [2.05, 4.69) is 5.32 Å². The van der Waals surface area contributed by atoms with Crippen LogP contribution < -0.4 is 5.32 Å². The number of rotatable bonds is 3. The molecule has 0 spiro atoms. The fraction of sp³-hybridized carbons (Fsp3) is 0.500. The Kier molecular flexibility index (Phi) is 4.00. The van der Waals surface area contributed by atoms with Gasteiger partial charge in [0, 0.05) is 22.9 Å². The molecule has 1 aliphatic heterocycles. The molecule has 0 unspecified atom stereocenters. The maximum atomic E-state index is 11.9. The average molecular weight is 303 g/mol. The van der Waals surface area contributed by atoms with Crippen LogP contribution in [0.3, 0.4) is 0 Å². The largest absolute Gasteiger partial charge is 0.346 e. The highest BCUT2D eigenvalue weighted by atomic mass is 32.2. The van der Waals surface area contributed by atoms with Crippen molar-refractivity contribution in [2.24, 2.45) is 0 Å². The molecule has 0 aromatic carbocycles. The summed E-state index contributed by atoms with van der Waals surface area (Å²) in [5, 5.41) is 6.83. The van der Waals surface area contributed by atoms with Crippen LogP contribution in [-0.2, 0) is 19.3 Å². The van der Waals surface area contributed by atoms with Gasteiger partial charge in [-0.15, -0.1) is 0 Å². The van der Waals surface area contributed by atoms with E-state index < -0.39 is 15.6 Å². The minimum absolute atomic E-state index is 0.168. The van der Waals surface area contributed by atoms with Gasteiger partial charge in [0.1, 0.15) is 5.03 Å². The Morgan fingerprint density at radius 3 is 2.47 bits per heavy atom. The number of nitrogens with one attached hydrogen (secondary N) is 1. The maximum absolute atomic E-state index is 11.9. The molecule has 106 valence electrons. The predicted molar refractivity (Wildman–Crippen MR) is 75.8 cm³/mol. The van der Waals surface area contributed by atoms with Crippen molar-refractivity contribution in [3.63, 3.8) is 0 Å². The van der Waals surface area contributed by atoms with Crippen LogP contribution in [0.5, 0.6) is 0 Å². The first kappa shape index (κ1) is 14.5. The van der Waals surface area contributed by atoms with Gasteiger partial charge in [0.2, 0.25) is 0 Å². The first-order chi connectivity index (χ1) is 8.78. The van der Waals surface area contributed by atoms with E-state index >= 15 is 0 Å². The summed E-state index contributed by atoms with van der Waals surface area (Å²) in [5.74, 6) is -0.672. The molecule has 5 nitrogen and oxygen atoms in total. The summed E-state index contributed by atoms with van der Waals surface area (Å²) in [7, 11) is -3.36. The third kappa shape index (κ3) is 3.79. The Morgan fingerprint density at radius 2 is 2.00 bits per heavy atom. The van der Waals surface area contributed by atoms with Crippen LogP contribution in [0.25, 0.3) is 0 Å². The normalized spacial score (nSPS) is 19.2. The molecular weight excluding hydrogens is 286 g/mol. The zero-order chi connectivity index (χ0) is 14.1. The minimum atomic E-state index is -3.36. The van der Waals surface area contributed by atoms with E-state index in [9.17, 15) is 8.42 Å². The standard InChI is InChI=1S/C12H17NO4S2/c1-12(2)16-6-9(7-17-12)11(19(3,14)15)13-10-4-5-18-8-10/h4-5,8,13H,6-7H2,1-3H3. The maximum Gasteiger partial charge on any atom is 0.190 e. The predicted octanol–water partition coefficient (Wildman–Crippen LogP) is 2.20. The van der Waals surface area contributed by atoms with E-state index in [0.717, 1.165) is 5.69 Å². The molecule has 0 saturated carbocycles. The smallest absolute Gasteiger partial charge is 0.190 e. The molecule has 1 fully saturated rings. The lowest BCUT2D eigenvalue weighted by atomic mass is 10.2. The second-order valence-corrected chi connectivity index (χ2v) is 7.55. The highest BCUT2D eigenvalue weighted by Gasteiger charge is 2.29. The van der Waals surface area contributed by atoms with Gasteiger partial charge in [-0.05, 0) is 25.3 Å². The van der Waals surface area contributed by atoms with Crippen LogP contribution in [-0.4, -0.2) is 33.7 Å². The molecule has 0 aliphatic carbocycles. The number of anilines is 1. The number of ether oxygens (including phenoxy) is 2. The lowest BCUT2D eigenvalue weighted by Crippen LogP contribution is -2.37. The summed E-state index contributed by atoms with van der Waals surface area (Å²) >= 11 is 1.50. The molecule has 19 heavy (non-hydrogen) atoms. The van der Waals surface area contributed by atoms with Gasteiger partial charge in [0.25, 0.3) is 0 Å². The van der Waals surface area contributed by atoms with E-state index in [0.29, 0.717) is 5.57 Å². The van der Waals surface area contributed by atoms with Gasteiger partial charge in [0.05, 0.1) is 13.2 Å². The fourth-order valence-electron chi connectivity index (χ4n) is 1.65. The summed E-state index contributed by atoms with van der Waals surface area (Å²) in [6, 6.07) is 1.82. The van der Waals surface area contributed by atoms with Gasteiger partial charge in [-0.2, -0.15) is 11.3 Å². The van der Waals surface area contributed by atoms with Gasteiger partial charge in [-0.25, -0.2) is 8.42 Å². The Hall–Kier alpha value is -0.890. The van der Waals surface area contributed by atoms with Crippen LogP contribution >= 0.6 is 11.3 Å². The summed E-state index contributed by atoms with van der Waals surface area (Å²) in [6.45, 7) is 4.09. The van der Waals surface area contributed by atoms with Crippen molar-refractivity contribution < 1.29 is 17.9 Å². The van der Waals surface area contributed by atoms with Gasteiger partial charge >= 0.3 is 0 Å². The van der Waals surface area contributed by atoms with Gasteiger partial charge in [-0.3, -0.25) is 0 Å². The molecule has 1 saturated heterocycles. The molecule has 0 amide bonds. The van der Waals surface area contributed by atoms with E-state index in [1.165, 1.54) is 17.6 Å². The third-order valence-electron chi connectivity index (χ3n) is 2.66. The third-order valence-corrected chi connectivity index (χ3v) is 4.47. The van der Waals surface area contributed by atoms with Crippen LogP contribution in [0.4, 0.5) is 5.69 Å². The molecule has 7 heteroatoms. The second kappa shape index (κ2) is 5.24. The minimum Gasteiger partial charge on any atom is -0.346 e. The monoisotopic (exact) mass is 303 g/mol. The summed E-state index contributed by atoms with van der Waals surface area (Å²) < 4.78 is 34.8. The molecule has 1 aromatic rings. The average Bonchev–Trinajstić information content (AvgIpc) is 2.78. The number of thiophene rings is 1. The Balaban J connectivity index is 2.28. The molecule has 0 bridgehead atoms. The van der Waals surface area contributed by atoms with Crippen LogP contribution in [0.15, 0.2) is 27.4 Å². The van der Waals surface area contributed by atoms with E-state index in [1.54, 1.807) is 13.8 Å². The molecule has 1 N–H and O–H groups in total. The van der Waals surface area contributed by atoms with Crippen molar-refractivity contribution in [2.45, 2.75) is 19.6 Å². The summed E-state index contributed by atoms with van der Waals surface area (Å²) in [6.07, 6.45) is 1.18. The van der Waals surface area contributed by atoms with Crippen molar-refractivity contribution in [1.29, 1.82) is 0 Å². The molecular formula is C12H17NO4S2. The molecule has 1 aliphatic rings. The molecule has 1 aromatic heterocycles. The highest BCUT2D eigenvalue weighted by molar-refractivity contribution is 7.94. The Bertz CT molecular complexity index is 561. The van der Waals surface area contributed by atoms with Crippen molar-refractivity contribution in [3.05, 3.63) is 27.4 Å². The lowest BCUT2D eigenvalue weighted by Gasteiger charge is -2.32. The van der Waals surface area contributed by atoms with Crippen LogP contribution in [0.1, 0.15) is 13.8 Å². The van der Waals surface area contributed by atoms with Crippen LogP contribution in [0, 0.1) is 0 Å². The fourth-order valence-corrected chi connectivity index (χ4v) is 3.18. The molecule has 2 heterocycles. The zero-order valence-electron chi connectivity index (χ0n) is 11.1. The quantitative estimate of drug-likeness (QED) is 0.927. The van der Waals surface area contributed by atoms with E-state index in [-0.39, 0.29) is 18.2 Å². The van der Waals surface area contributed by atoms with E-state index in [1.807, 2.05) is 16.8 Å². The highest BCUT2D eigenvalue weighted by Crippen LogP contribution is 2.25. The van der Waals surface area contributed by atoms with Crippen LogP contribution in [0.2, 0.25) is 0 Å². The summed E-state index contributed by atoms with van der Waals surface area (Å²) in [4.78, 5) is 0. The number of sulfone groups is 1. The van der Waals surface area contributed by atoms with Crippen molar-refractivity contribution in [2.75, 3.05) is 24.8 Å². The SMILES string of the molecule is CC1(C)OCC(=C(Nc2ccsc2)S(C)(=O)=O)CO1. The Morgan fingerprint density at radius 1 is 1.37 bits per heavy atom. The zero-order valence-corrected chi connectivity index (χ0v) is 12.7. The summed E-state index contributed by atoms with van der Waals surface area (Å²) in [5.41, 5.74) is 1.36. The lowest BCUT2D eigenvalue weighted by molar-refractivity contribution is -0.225. The van der Waals surface area contributed by atoms with Crippen molar-refractivity contribution >= 4 is 26.9 Å². The van der Waals surface area contributed by atoms with Crippen molar-refractivity contribution in [1.82, 2.24) is 0 Å². The second-order valence-electron chi connectivity index (χ2n) is 4.82. The van der Waals surface area contributed by atoms with Gasteiger partial charge in [-0.1, -0.05) is 0 Å². The van der Waals surface area contributed by atoms with Gasteiger partial charge in [0.15, 0.2) is 15.6 Å². The number of hydrogen-bond acceptors (Lipinski definition) is 6. The van der Waals surface area contributed by atoms with Gasteiger partial charge < -0.3 is 14.8 Å². The first-order valence-corrected chi connectivity index (χ1v) is 8.60.